The predicted molar refractivity (Wildman–Crippen MR) is 119 cm³/mol. The Labute approximate surface area is 174 Å². The minimum atomic E-state index is -1.04. The highest BCUT2D eigenvalue weighted by molar-refractivity contribution is 5.79. The fraction of sp³-hybridized carbons (Fsp3) is 0.545. The minimum Gasteiger partial charge on any atom is -0.383 e. The molecule has 1 heterocycles. The van der Waals surface area contributed by atoms with E-state index in [0.29, 0.717) is 19.0 Å². The highest BCUT2D eigenvalue weighted by Crippen LogP contribution is 2.19. The number of aliphatic hydroxyl groups is 1. The molecule has 0 radical (unpaired) electrons. The maximum absolute atomic E-state index is 10.8. The molecule has 2 aromatic rings. The molecule has 7 heteroatoms. The van der Waals surface area contributed by atoms with E-state index in [1.807, 2.05) is 26.2 Å². The summed E-state index contributed by atoms with van der Waals surface area (Å²) in [6, 6.07) is 10.6. The first kappa shape index (κ1) is 22.9. The van der Waals surface area contributed by atoms with Crippen molar-refractivity contribution in [3.05, 3.63) is 53.9 Å². The normalized spacial score (nSPS) is 15.6. The third kappa shape index (κ3) is 7.18. The quantitative estimate of drug-likeness (QED) is 0.383. The van der Waals surface area contributed by atoms with Crippen molar-refractivity contribution in [2.45, 2.75) is 51.8 Å². The zero-order valence-electron chi connectivity index (χ0n) is 18.5. The maximum atomic E-state index is 10.8. The fourth-order valence-corrected chi connectivity index (χ4v) is 3.13. The number of hydrogen-bond acceptors (Lipinski definition) is 4. The Bertz CT molecular complexity index is 782. The van der Waals surface area contributed by atoms with E-state index in [1.165, 1.54) is 5.56 Å². The summed E-state index contributed by atoms with van der Waals surface area (Å²) in [6.45, 7) is 11.9. The second-order valence-electron chi connectivity index (χ2n) is 8.39. The lowest BCUT2D eigenvalue weighted by atomic mass is 10.00. The predicted octanol–water partition coefficient (Wildman–Crippen LogP) is 2.31. The molecule has 160 valence electrons. The van der Waals surface area contributed by atoms with Crippen molar-refractivity contribution in [3.63, 3.8) is 0 Å². The van der Waals surface area contributed by atoms with Gasteiger partial charge in [-0.2, -0.15) is 5.10 Å². The van der Waals surface area contributed by atoms with Gasteiger partial charge in [0.25, 0.3) is 0 Å². The molecule has 1 aromatic carbocycles. The number of nitrogens with zero attached hydrogens (tertiary/aromatic N) is 3. The third-order valence-corrected chi connectivity index (χ3v) is 4.81. The van der Waals surface area contributed by atoms with Crippen molar-refractivity contribution in [1.82, 2.24) is 25.7 Å². The molecular formula is C22H36N6O. The van der Waals surface area contributed by atoms with Gasteiger partial charge in [0.1, 0.15) is 5.60 Å². The molecule has 7 nitrogen and oxygen atoms in total. The molecule has 0 aliphatic carbocycles. The van der Waals surface area contributed by atoms with Crippen LogP contribution >= 0.6 is 0 Å². The van der Waals surface area contributed by atoms with Gasteiger partial charge in [-0.15, -0.1) is 0 Å². The number of nitrogens with one attached hydrogen (secondary N) is 3. The van der Waals surface area contributed by atoms with Crippen molar-refractivity contribution < 1.29 is 5.11 Å². The Morgan fingerprint density at radius 1 is 1.21 bits per heavy atom. The Balaban J connectivity index is 1.98. The van der Waals surface area contributed by atoms with E-state index < -0.39 is 5.60 Å². The Hall–Kier alpha value is -2.38. The van der Waals surface area contributed by atoms with Crippen LogP contribution in [0, 0.1) is 0 Å². The van der Waals surface area contributed by atoms with Gasteiger partial charge in [-0.1, -0.05) is 30.3 Å². The summed E-state index contributed by atoms with van der Waals surface area (Å²) in [6.07, 6.45) is 3.51. The van der Waals surface area contributed by atoms with Crippen LogP contribution in [0.3, 0.4) is 0 Å². The van der Waals surface area contributed by atoms with Gasteiger partial charge in [0.05, 0.1) is 19.3 Å². The summed E-state index contributed by atoms with van der Waals surface area (Å²) in [5, 5.41) is 25.1. The number of aryl methyl sites for hydroxylation is 1. The standard InChI is InChI=1S/C22H36N6O/c1-7-23-20(25-16-22(5,29)19-13-26-28(6)14-19)24-15-21(3,4)27-17(2)18-11-9-8-10-12-18/h8-14,17,27,29H,7,15-16H2,1-6H3,(H2,23,24,25). The van der Waals surface area contributed by atoms with Crippen molar-refractivity contribution in [2.24, 2.45) is 12.0 Å². The molecule has 2 rings (SSSR count). The van der Waals surface area contributed by atoms with Crippen LogP contribution in [0.1, 0.15) is 51.8 Å². The molecule has 2 atom stereocenters. The smallest absolute Gasteiger partial charge is 0.191 e. The van der Waals surface area contributed by atoms with Gasteiger partial charge in [-0.3, -0.25) is 9.67 Å². The van der Waals surface area contributed by atoms with Crippen LogP contribution in [0.2, 0.25) is 0 Å². The molecule has 0 saturated heterocycles. The Kier molecular flexibility index (Phi) is 7.81. The monoisotopic (exact) mass is 400 g/mol. The lowest BCUT2D eigenvalue weighted by Gasteiger charge is -2.30. The van der Waals surface area contributed by atoms with Crippen molar-refractivity contribution in [1.29, 1.82) is 0 Å². The lowest BCUT2D eigenvalue weighted by molar-refractivity contribution is 0.0616. The minimum absolute atomic E-state index is 0.191. The summed E-state index contributed by atoms with van der Waals surface area (Å²) in [5.41, 5.74) is 0.785. The fourth-order valence-electron chi connectivity index (χ4n) is 3.13. The zero-order chi connectivity index (χ0) is 21.5. The topological polar surface area (TPSA) is 86.5 Å². The highest BCUT2D eigenvalue weighted by atomic mass is 16.3. The van der Waals surface area contributed by atoms with Gasteiger partial charge < -0.3 is 21.1 Å². The van der Waals surface area contributed by atoms with E-state index >= 15 is 0 Å². The van der Waals surface area contributed by atoms with Gasteiger partial charge in [0, 0.05) is 36.9 Å². The Morgan fingerprint density at radius 2 is 1.90 bits per heavy atom. The van der Waals surface area contributed by atoms with E-state index in [4.69, 9.17) is 4.99 Å². The third-order valence-electron chi connectivity index (χ3n) is 4.81. The van der Waals surface area contributed by atoms with Crippen LogP contribution in [0.25, 0.3) is 0 Å². The summed E-state index contributed by atoms with van der Waals surface area (Å²) in [7, 11) is 1.84. The van der Waals surface area contributed by atoms with Crippen LogP contribution in [0.15, 0.2) is 47.7 Å². The molecule has 4 N–H and O–H groups in total. The van der Waals surface area contributed by atoms with E-state index in [1.54, 1.807) is 17.8 Å². The molecule has 0 bridgehead atoms. The number of aromatic nitrogens is 2. The van der Waals surface area contributed by atoms with E-state index in [9.17, 15) is 5.11 Å². The molecule has 0 aliphatic heterocycles. The van der Waals surface area contributed by atoms with Crippen molar-refractivity contribution in [2.75, 3.05) is 19.6 Å². The van der Waals surface area contributed by atoms with Crippen LogP contribution in [0.4, 0.5) is 0 Å². The molecule has 2 unspecified atom stereocenters. The van der Waals surface area contributed by atoms with Gasteiger partial charge in [0.2, 0.25) is 0 Å². The van der Waals surface area contributed by atoms with E-state index in [0.717, 1.165) is 12.1 Å². The molecule has 0 spiro atoms. The first-order chi connectivity index (χ1) is 13.6. The van der Waals surface area contributed by atoms with Crippen LogP contribution in [0.5, 0.6) is 0 Å². The summed E-state index contributed by atoms with van der Waals surface area (Å²) >= 11 is 0. The van der Waals surface area contributed by atoms with E-state index in [-0.39, 0.29) is 11.6 Å². The van der Waals surface area contributed by atoms with Crippen LogP contribution < -0.4 is 16.0 Å². The lowest BCUT2D eigenvalue weighted by Crippen LogP contribution is -2.47. The van der Waals surface area contributed by atoms with Gasteiger partial charge in [0.15, 0.2) is 5.96 Å². The average molecular weight is 401 g/mol. The van der Waals surface area contributed by atoms with Crippen molar-refractivity contribution >= 4 is 5.96 Å². The molecule has 0 saturated carbocycles. The van der Waals surface area contributed by atoms with Gasteiger partial charge >= 0.3 is 0 Å². The summed E-state index contributed by atoms with van der Waals surface area (Å²) in [5.74, 6) is 0.680. The van der Waals surface area contributed by atoms with Crippen LogP contribution in [-0.4, -0.2) is 46.0 Å². The second-order valence-corrected chi connectivity index (χ2v) is 8.39. The highest BCUT2D eigenvalue weighted by Gasteiger charge is 2.25. The van der Waals surface area contributed by atoms with Gasteiger partial charge in [-0.05, 0) is 40.2 Å². The zero-order valence-corrected chi connectivity index (χ0v) is 18.5. The number of guanidine groups is 1. The summed E-state index contributed by atoms with van der Waals surface area (Å²) < 4.78 is 1.69. The first-order valence-electron chi connectivity index (χ1n) is 10.2. The van der Waals surface area contributed by atoms with Crippen molar-refractivity contribution in [3.8, 4) is 0 Å². The number of benzene rings is 1. The largest absolute Gasteiger partial charge is 0.383 e. The van der Waals surface area contributed by atoms with Crippen LogP contribution in [-0.2, 0) is 12.6 Å². The molecule has 0 aliphatic rings. The average Bonchev–Trinajstić information content (AvgIpc) is 3.12. The summed E-state index contributed by atoms with van der Waals surface area (Å²) in [4.78, 5) is 4.73. The molecule has 29 heavy (non-hydrogen) atoms. The number of hydrogen-bond donors (Lipinski definition) is 4. The molecule has 0 amide bonds. The molecular weight excluding hydrogens is 364 g/mol. The molecule has 0 fully saturated rings. The number of aliphatic imine (C=N–C) groups is 1. The second kappa shape index (κ2) is 9.89. The maximum Gasteiger partial charge on any atom is 0.191 e. The SMILES string of the molecule is CCNC(=NCC(C)(C)NC(C)c1ccccc1)NCC(C)(O)c1cnn(C)c1. The van der Waals surface area contributed by atoms with Gasteiger partial charge in [-0.25, -0.2) is 0 Å². The first-order valence-corrected chi connectivity index (χ1v) is 10.2. The van der Waals surface area contributed by atoms with E-state index in [2.05, 4.69) is 66.1 Å². The Morgan fingerprint density at radius 3 is 2.48 bits per heavy atom. The number of rotatable bonds is 9. The molecule has 1 aromatic heterocycles.